The van der Waals surface area contributed by atoms with Gasteiger partial charge in [-0.25, -0.2) is 9.59 Å². The molecule has 1 aliphatic carbocycles. The Morgan fingerprint density at radius 2 is 1.81 bits per heavy atom. The number of ketones is 1. The number of aromatic hydroxyl groups is 1. The summed E-state index contributed by atoms with van der Waals surface area (Å²) in [6, 6.07) is 2.57. The van der Waals surface area contributed by atoms with Crippen LogP contribution in [-0.2, 0) is 30.3 Å². The van der Waals surface area contributed by atoms with E-state index in [9.17, 15) is 37.5 Å². The minimum atomic E-state index is -4.48. The number of rotatable bonds is 11. The van der Waals surface area contributed by atoms with Crippen LogP contribution < -0.4 is 10.1 Å². The third-order valence-electron chi connectivity index (χ3n) is 5.31. The number of hydrogen-bond donors (Lipinski definition) is 3. The molecule has 0 heterocycles. The van der Waals surface area contributed by atoms with Crippen LogP contribution in [0.25, 0.3) is 0 Å². The van der Waals surface area contributed by atoms with Gasteiger partial charge in [0.2, 0.25) is 0 Å². The largest absolute Gasteiger partial charge is 0.507 e. The fourth-order valence-corrected chi connectivity index (χ4v) is 3.52. The molecule has 37 heavy (non-hydrogen) atoms. The summed E-state index contributed by atoms with van der Waals surface area (Å²) in [6.07, 6.45) is -2.11. The highest BCUT2D eigenvalue weighted by atomic mass is 19.4. The lowest BCUT2D eigenvalue weighted by atomic mass is 9.89. The van der Waals surface area contributed by atoms with Crippen molar-refractivity contribution in [1.29, 1.82) is 0 Å². The molecule has 0 saturated carbocycles. The summed E-state index contributed by atoms with van der Waals surface area (Å²) in [6.45, 7) is 1.18. The van der Waals surface area contributed by atoms with E-state index in [-0.39, 0.29) is 48.7 Å². The Bertz CT molecular complexity index is 1110. The Morgan fingerprint density at radius 1 is 1.14 bits per heavy atom. The highest BCUT2D eigenvalue weighted by Crippen LogP contribution is 2.35. The summed E-state index contributed by atoms with van der Waals surface area (Å²) in [4.78, 5) is 46.5. The van der Waals surface area contributed by atoms with E-state index in [4.69, 9.17) is 14.6 Å². The predicted octanol–water partition coefficient (Wildman–Crippen LogP) is 2.83. The second-order valence-electron chi connectivity index (χ2n) is 8.05. The average molecular weight is 529 g/mol. The number of halogens is 3. The summed E-state index contributed by atoms with van der Waals surface area (Å²) in [5.41, 5.74) is -2.04. The molecule has 0 radical (unpaired) electrons. The van der Waals surface area contributed by atoms with Gasteiger partial charge in [0.1, 0.15) is 11.5 Å². The second-order valence-corrected chi connectivity index (χ2v) is 8.05. The molecule has 0 saturated heterocycles. The molecule has 1 aliphatic rings. The number of hydrogen-bond acceptors (Lipinski definition) is 8. The van der Waals surface area contributed by atoms with E-state index in [0.29, 0.717) is 0 Å². The number of benzene rings is 1. The first-order valence-corrected chi connectivity index (χ1v) is 11.0. The SMILES string of the molecule is COC(=O)C1(NC(=O)C(=O)O)C=CC=C(OCCCOc2ccc(C(C)=O)c(O)c2CCC(F)(F)F)C1. The van der Waals surface area contributed by atoms with E-state index in [1.807, 2.05) is 0 Å². The Kier molecular flexibility index (Phi) is 9.69. The number of carboxylic acid groups (broad SMARTS) is 1. The molecule has 0 spiro atoms. The molecule has 1 aromatic carbocycles. The third-order valence-corrected chi connectivity index (χ3v) is 5.31. The predicted molar refractivity (Wildman–Crippen MR) is 121 cm³/mol. The minimum Gasteiger partial charge on any atom is -0.507 e. The first kappa shape index (κ1) is 29.2. The van der Waals surface area contributed by atoms with E-state index in [1.54, 1.807) is 0 Å². The van der Waals surface area contributed by atoms with Crippen LogP contribution in [0.2, 0.25) is 0 Å². The van der Waals surface area contributed by atoms with Crippen LogP contribution in [0.15, 0.2) is 36.1 Å². The number of allylic oxidation sites excluding steroid dienone is 2. The maximum atomic E-state index is 12.7. The van der Waals surface area contributed by atoms with E-state index in [0.717, 1.165) is 7.11 Å². The number of carbonyl (C=O) groups excluding carboxylic acids is 3. The molecule has 3 N–H and O–H groups in total. The van der Waals surface area contributed by atoms with Crippen molar-refractivity contribution in [2.45, 2.75) is 44.3 Å². The molecule has 13 heteroatoms. The lowest BCUT2D eigenvalue weighted by molar-refractivity contribution is -0.154. The molecule has 0 aromatic heterocycles. The number of esters is 1. The quantitative estimate of drug-likeness (QED) is 0.170. The number of methoxy groups -OCH3 is 1. The molecule has 1 amide bonds. The molecule has 0 fully saturated rings. The van der Waals surface area contributed by atoms with Gasteiger partial charge in [-0.2, -0.15) is 13.2 Å². The van der Waals surface area contributed by atoms with Crippen molar-refractivity contribution in [1.82, 2.24) is 5.32 Å². The molecule has 1 atom stereocenters. The van der Waals surface area contributed by atoms with Crippen LogP contribution in [0.1, 0.15) is 42.1 Å². The zero-order valence-electron chi connectivity index (χ0n) is 20.0. The van der Waals surface area contributed by atoms with Crippen molar-refractivity contribution in [2.24, 2.45) is 0 Å². The van der Waals surface area contributed by atoms with Gasteiger partial charge < -0.3 is 29.7 Å². The van der Waals surface area contributed by atoms with E-state index >= 15 is 0 Å². The van der Waals surface area contributed by atoms with Gasteiger partial charge in [0.05, 0.1) is 31.6 Å². The number of carbonyl (C=O) groups is 4. The fraction of sp³-hybridized carbons (Fsp3) is 0.417. The van der Waals surface area contributed by atoms with E-state index in [2.05, 4.69) is 10.1 Å². The number of Topliss-reactive ketones (excluding diaryl/α,β-unsaturated/α-hetero) is 1. The summed E-state index contributed by atoms with van der Waals surface area (Å²) < 4.78 is 54.0. The normalized spacial score (nSPS) is 16.9. The Morgan fingerprint density at radius 3 is 2.41 bits per heavy atom. The zero-order valence-corrected chi connectivity index (χ0v) is 20.0. The van der Waals surface area contributed by atoms with Crippen LogP contribution >= 0.6 is 0 Å². The monoisotopic (exact) mass is 529 g/mol. The molecule has 1 unspecified atom stereocenters. The summed E-state index contributed by atoms with van der Waals surface area (Å²) in [5, 5.41) is 21.3. The maximum absolute atomic E-state index is 12.7. The lowest BCUT2D eigenvalue weighted by Gasteiger charge is -2.31. The van der Waals surface area contributed by atoms with E-state index in [1.165, 1.54) is 37.3 Å². The Balaban J connectivity index is 2.00. The third kappa shape index (κ3) is 7.98. The van der Waals surface area contributed by atoms with Gasteiger partial charge in [0.15, 0.2) is 11.3 Å². The van der Waals surface area contributed by atoms with Crippen molar-refractivity contribution in [2.75, 3.05) is 20.3 Å². The number of nitrogens with one attached hydrogen (secondary N) is 1. The Labute approximate surface area is 209 Å². The van der Waals surface area contributed by atoms with Crippen LogP contribution in [0.3, 0.4) is 0 Å². The molecular formula is C24H26F3NO9. The maximum Gasteiger partial charge on any atom is 0.394 e. The van der Waals surface area contributed by atoms with Gasteiger partial charge in [-0.1, -0.05) is 6.08 Å². The average Bonchev–Trinajstić information content (AvgIpc) is 2.82. The van der Waals surface area contributed by atoms with Gasteiger partial charge in [0.25, 0.3) is 0 Å². The van der Waals surface area contributed by atoms with Crippen LogP contribution in [0, 0.1) is 0 Å². The first-order valence-electron chi connectivity index (χ1n) is 11.0. The molecule has 202 valence electrons. The van der Waals surface area contributed by atoms with Crippen molar-refractivity contribution < 1.29 is 56.8 Å². The standard InChI is InChI=1S/C24H26F3NO9/c1-14(29)16-6-7-18(17(19(16)30)8-10-24(25,26)27)37-12-4-11-36-15-5-3-9-23(13-15,22(34)35-2)28-20(31)21(32)33/h3,5-7,9,30H,4,8,10-13H2,1-2H3,(H,28,31)(H,32,33). The highest BCUT2D eigenvalue weighted by Gasteiger charge is 2.42. The molecule has 10 nitrogen and oxygen atoms in total. The number of alkyl halides is 3. The number of carboxylic acids is 1. The number of aliphatic carboxylic acids is 1. The van der Waals surface area contributed by atoms with Crippen molar-refractivity contribution in [3.05, 3.63) is 47.2 Å². The fourth-order valence-electron chi connectivity index (χ4n) is 3.52. The summed E-state index contributed by atoms with van der Waals surface area (Å²) in [5.74, 6) is -4.96. The summed E-state index contributed by atoms with van der Waals surface area (Å²) in [7, 11) is 1.07. The van der Waals surface area contributed by atoms with Crippen LogP contribution in [0.5, 0.6) is 11.5 Å². The summed E-state index contributed by atoms with van der Waals surface area (Å²) >= 11 is 0. The van der Waals surface area contributed by atoms with Gasteiger partial charge in [0, 0.05) is 24.8 Å². The highest BCUT2D eigenvalue weighted by molar-refractivity contribution is 6.32. The smallest absolute Gasteiger partial charge is 0.394 e. The van der Waals surface area contributed by atoms with Crippen molar-refractivity contribution in [3.63, 3.8) is 0 Å². The van der Waals surface area contributed by atoms with Crippen molar-refractivity contribution in [3.8, 4) is 11.5 Å². The topological polar surface area (TPSA) is 148 Å². The lowest BCUT2D eigenvalue weighted by Crippen LogP contribution is -2.56. The van der Waals surface area contributed by atoms with Gasteiger partial charge in [-0.15, -0.1) is 0 Å². The molecule has 0 aliphatic heterocycles. The first-order chi connectivity index (χ1) is 17.3. The Hall–Kier alpha value is -4.03. The number of phenolic OH excluding ortho intramolecular Hbond substituents is 1. The number of ether oxygens (including phenoxy) is 3. The van der Waals surface area contributed by atoms with Crippen molar-refractivity contribution >= 4 is 23.6 Å². The van der Waals surface area contributed by atoms with E-state index < -0.39 is 53.9 Å². The van der Waals surface area contributed by atoms with Crippen LogP contribution in [-0.4, -0.2) is 65.9 Å². The molecule has 2 rings (SSSR count). The van der Waals surface area contributed by atoms with Gasteiger partial charge >= 0.3 is 24.0 Å². The number of amides is 1. The second kappa shape index (κ2) is 12.3. The van der Waals surface area contributed by atoms with Gasteiger partial charge in [-0.3, -0.25) is 9.59 Å². The number of phenols is 1. The molecular weight excluding hydrogens is 503 g/mol. The molecule has 1 aromatic rings. The molecule has 0 bridgehead atoms. The van der Waals surface area contributed by atoms with Crippen LogP contribution in [0.4, 0.5) is 13.2 Å². The van der Waals surface area contributed by atoms with Gasteiger partial charge in [-0.05, 0) is 37.6 Å². The minimum absolute atomic E-state index is 0.00680. The zero-order chi connectivity index (χ0) is 27.8.